The van der Waals surface area contributed by atoms with Crippen molar-refractivity contribution in [2.75, 3.05) is 23.3 Å². The molecule has 2 rings (SSSR count). The fourth-order valence-corrected chi connectivity index (χ4v) is 2.14. The van der Waals surface area contributed by atoms with Gasteiger partial charge in [-0.15, -0.1) is 0 Å². The molecule has 3 N–H and O–H groups in total. The normalized spacial score (nSPS) is 16.7. The van der Waals surface area contributed by atoms with Crippen molar-refractivity contribution in [2.45, 2.75) is 13.0 Å². The van der Waals surface area contributed by atoms with E-state index in [2.05, 4.69) is 21.2 Å². The first-order valence-corrected chi connectivity index (χ1v) is 5.96. The number of benzene rings is 1. The Labute approximate surface area is 103 Å². The summed E-state index contributed by atoms with van der Waals surface area (Å²) in [4.78, 5) is 13.5. The Morgan fingerprint density at radius 2 is 2.38 bits per heavy atom. The molecule has 1 aromatic rings. The van der Waals surface area contributed by atoms with Crippen LogP contribution in [0.3, 0.4) is 0 Å². The summed E-state index contributed by atoms with van der Waals surface area (Å²) < 4.78 is 0.994. The smallest absolute Gasteiger partial charge is 0.246 e. The number of rotatable bonds is 2. The predicted octanol–water partition coefficient (Wildman–Crippen LogP) is 1.55. The van der Waals surface area contributed by atoms with Gasteiger partial charge in [-0.2, -0.15) is 0 Å². The van der Waals surface area contributed by atoms with E-state index in [1.165, 1.54) is 0 Å². The van der Waals surface area contributed by atoms with E-state index in [9.17, 15) is 4.79 Å². The Morgan fingerprint density at radius 3 is 3.06 bits per heavy atom. The molecule has 0 fully saturated rings. The SMILES string of the molecule is CC(N)CN1C(=O)CNc2cc(Br)ccc21. The molecule has 0 saturated heterocycles. The third kappa shape index (κ3) is 2.20. The molecule has 0 spiro atoms. The van der Waals surface area contributed by atoms with Crippen molar-refractivity contribution < 1.29 is 4.79 Å². The summed E-state index contributed by atoms with van der Waals surface area (Å²) in [5, 5.41) is 3.09. The van der Waals surface area contributed by atoms with Crippen LogP contribution >= 0.6 is 15.9 Å². The van der Waals surface area contributed by atoms with Crippen LogP contribution in [0.1, 0.15) is 6.92 Å². The van der Waals surface area contributed by atoms with E-state index < -0.39 is 0 Å². The minimum Gasteiger partial charge on any atom is -0.374 e. The second-order valence-electron chi connectivity index (χ2n) is 4.00. The van der Waals surface area contributed by atoms with Crippen LogP contribution in [0.2, 0.25) is 0 Å². The highest BCUT2D eigenvalue weighted by atomic mass is 79.9. The number of carbonyl (C=O) groups excluding carboxylic acids is 1. The van der Waals surface area contributed by atoms with Crippen molar-refractivity contribution in [2.24, 2.45) is 5.73 Å². The van der Waals surface area contributed by atoms with Crippen LogP contribution in [-0.4, -0.2) is 25.0 Å². The summed E-state index contributed by atoms with van der Waals surface area (Å²) in [6, 6.07) is 5.79. The van der Waals surface area contributed by atoms with Gasteiger partial charge in [-0.25, -0.2) is 0 Å². The number of fused-ring (bicyclic) bond motifs is 1. The van der Waals surface area contributed by atoms with Gasteiger partial charge in [-0.05, 0) is 25.1 Å². The molecule has 0 radical (unpaired) electrons. The molecular weight excluding hydrogens is 270 g/mol. The lowest BCUT2D eigenvalue weighted by Crippen LogP contribution is -2.45. The number of anilines is 2. The molecule has 1 aromatic carbocycles. The molecule has 0 aliphatic carbocycles. The highest BCUT2D eigenvalue weighted by Gasteiger charge is 2.24. The number of amides is 1. The summed E-state index contributed by atoms with van der Waals surface area (Å²) in [6.07, 6.45) is 0. The molecule has 1 aliphatic rings. The maximum Gasteiger partial charge on any atom is 0.246 e. The molecule has 86 valence electrons. The molecule has 0 saturated carbocycles. The van der Waals surface area contributed by atoms with Crippen LogP contribution in [0.5, 0.6) is 0 Å². The zero-order valence-electron chi connectivity index (χ0n) is 9.03. The lowest BCUT2D eigenvalue weighted by molar-refractivity contribution is -0.117. The first-order chi connectivity index (χ1) is 7.58. The van der Waals surface area contributed by atoms with Gasteiger partial charge < -0.3 is 16.0 Å². The van der Waals surface area contributed by atoms with Crippen molar-refractivity contribution in [1.29, 1.82) is 0 Å². The number of nitrogens with two attached hydrogens (primary N) is 1. The van der Waals surface area contributed by atoms with Crippen molar-refractivity contribution >= 4 is 33.2 Å². The van der Waals surface area contributed by atoms with Crippen molar-refractivity contribution in [1.82, 2.24) is 0 Å². The third-order valence-electron chi connectivity index (χ3n) is 2.45. The van der Waals surface area contributed by atoms with E-state index in [0.29, 0.717) is 13.1 Å². The van der Waals surface area contributed by atoms with Crippen molar-refractivity contribution in [3.63, 3.8) is 0 Å². The highest BCUT2D eigenvalue weighted by molar-refractivity contribution is 9.10. The average molecular weight is 284 g/mol. The first kappa shape index (κ1) is 11.4. The number of carbonyl (C=O) groups is 1. The Hall–Kier alpha value is -1.07. The lowest BCUT2D eigenvalue weighted by atomic mass is 10.1. The second-order valence-corrected chi connectivity index (χ2v) is 4.91. The minimum atomic E-state index is -0.0291. The van der Waals surface area contributed by atoms with Crippen LogP contribution in [0.25, 0.3) is 0 Å². The predicted molar refractivity (Wildman–Crippen MR) is 68.6 cm³/mol. The summed E-state index contributed by atoms with van der Waals surface area (Å²) in [5.41, 5.74) is 7.62. The van der Waals surface area contributed by atoms with Crippen LogP contribution in [-0.2, 0) is 4.79 Å². The fourth-order valence-electron chi connectivity index (χ4n) is 1.77. The minimum absolute atomic E-state index is 0.0291. The molecule has 1 heterocycles. The molecule has 1 aliphatic heterocycles. The second kappa shape index (κ2) is 4.43. The van der Waals surface area contributed by atoms with Gasteiger partial charge in [0.2, 0.25) is 5.91 Å². The molecule has 1 atom stereocenters. The van der Waals surface area contributed by atoms with Crippen molar-refractivity contribution in [3.8, 4) is 0 Å². The topological polar surface area (TPSA) is 58.4 Å². The Morgan fingerprint density at radius 1 is 1.62 bits per heavy atom. The summed E-state index contributed by atoms with van der Waals surface area (Å²) >= 11 is 3.41. The molecule has 16 heavy (non-hydrogen) atoms. The van der Waals surface area contributed by atoms with E-state index in [-0.39, 0.29) is 11.9 Å². The Balaban J connectivity index is 2.36. The van der Waals surface area contributed by atoms with Gasteiger partial charge in [0.1, 0.15) is 0 Å². The molecule has 0 bridgehead atoms. The Kier molecular flexibility index (Phi) is 3.16. The Bertz CT molecular complexity index is 420. The van der Waals surface area contributed by atoms with E-state index in [1.807, 2.05) is 25.1 Å². The summed E-state index contributed by atoms with van der Waals surface area (Å²) in [5.74, 6) is 0.0622. The standard InChI is InChI=1S/C11H14BrN3O/c1-7(13)6-15-10-3-2-8(12)4-9(10)14-5-11(15)16/h2-4,7,14H,5-6,13H2,1H3. The molecule has 1 unspecified atom stereocenters. The summed E-state index contributed by atoms with van der Waals surface area (Å²) in [6.45, 7) is 2.78. The van der Waals surface area contributed by atoms with E-state index in [4.69, 9.17) is 5.73 Å². The third-order valence-corrected chi connectivity index (χ3v) is 2.94. The average Bonchev–Trinajstić information content (AvgIpc) is 2.22. The number of halogens is 1. The van der Waals surface area contributed by atoms with Gasteiger partial charge in [0.15, 0.2) is 0 Å². The fraction of sp³-hybridized carbons (Fsp3) is 0.364. The molecule has 1 amide bonds. The number of hydrogen-bond donors (Lipinski definition) is 2. The van der Waals surface area contributed by atoms with Gasteiger partial charge in [-0.3, -0.25) is 4.79 Å². The van der Waals surface area contributed by atoms with Crippen molar-refractivity contribution in [3.05, 3.63) is 22.7 Å². The van der Waals surface area contributed by atoms with E-state index in [1.54, 1.807) is 4.90 Å². The van der Waals surface area contributed by atoms with Crippen LogP contribution in [0, 0.1) is 0 Å². The van der Waals surface area contributed by atoms with E-state index >= 15 is 0 Å². The van der Waals surface area contributed by atoms with Gasteiger partial charge >= 0.3 is 0 Å². The van der Waals surface area contributed by atoms with Gasteiger partial charge in [-0.1, -0.05) is 15.9 Å². The van der Waals surface area contributed by atoms with Gasteiger partial charge in [0.25, 0.3) is 0 Å². The number of hydrogen-bond acceptors (Lipinski definition) is 3. The monoisotopic (exact) mass is 283 g/mol. The zero-order valence-corrected chi connectivity index (χ0v) is 10.6. The highest BCUT2D eigenvalue weighted by Crippen LogP contribution is 2.32. The molecule has 0 aromatic heterocycles. The maximum atomic E-state index is 11.8. The molecule has 4 nitrogen and oxygen atoms in total. The lowest BCUT2D eigenvalue weighted by Gasteiger charge is -2.31. The van der Waals surface area contributed by atoms with E-state index in [0.717, 1.165) is 15.8 Å². The zero-order chi connectivity index (χ0) is 11.7. The summed E-state index contributed by atoms with van der Waals surface area (Å²) in [7, 11) is 0. The number of nitrogens with one attached hydrogen (secondary N) is 1. The van der Waals surface area contributed by atoms with Crippen LogP contribution < -0.4 is 16.0 Å². The quantitative estimate of drug-likeness (QED) is 0.866. The first-order valence-electron chi connectivity index (χ1n) is 5.17. The largest absolute Gasteiger partial charge is 0.374 e. The molecular formula is C11H14BrN3O. The van der Waals surface area contributed by atoms with Gasteiger partial charge in [0.05, 0.1) is 17.9 Å². The van der Waals surface area contributed by atoms with Gasteiger partial charge in [0, 0.05) is 17.1 Å². The number of nitrogens with zero attached hydrogens (tertiary/aromatic N) is 1. The maximum absolute atomic E-state index is 11.8. The van der Waals surface area contributed by atoms with Crippen LogP contribution in [0.15, 0.2) is 22.7 Å². The molecule has 5 heteroatoms. The van der Waals surface area contributed by atoms with Crippen LogP contribution in [0.4, 0.5) is 11.4 Å².